The lowest BCUT2D eigenvalue weighted by molar-refractivity contribution is -0.120. The predicted octanol–water partition coefficient (Wildman–Crippen LogP) is 13.5. The molecular formula is C63H60F2N4O8. The van der Waals surface area contributed by atoms with Crippen LogP contribution < -0.4 is 19.3 Å². The monoisotopic (exact) mass is 1040 g/mol. The molecule has 2 amide bonds. The Balaban J connectivity index is 0.000000188. The minimum absolute atomic E-state index is 0.00403. The second kappa shape index (κ2) is 23.4. The first-order chi connectivity index (χ1) is 37.1. The highest BCUT2D eigenvalue weighted by molar-refractivity contribution is 5.98. The lowest BCUT2D eigenvalue weighted by Crippen LogP contribution is -2.35. The second-order valence-corrected chi connectivity index (χ2v) is 19.5. The van der Waals surface area contributed by atoms with Crippen molar-refractivity contribution in [2.24, 2.45) is 0 Å². The van der Waals surface area contributed by atoms with Gasteiger partial charge in [0.2, 0.25) is 11.8 Å². The SMILES string of the molecule is COC(=O)c1cc(N2CCCCC2=O)cc(-n2c(C)ccc2-c2cc(C)ccc2OCc2ccc(F)cc2)c1.Cc1ccc(OCc2ccc(F)cc2)c(-c2ccc(C)n2-c2cc(C(=O)O)cc(N3CCCCC3=O)c2)c1. The van der Waals surface area contributed by atoms with Crippen LogP contribution in [0.15, 0.2) is 146 Å². The van der Waals surface area contributed by atoms with Gasteiger partial charge in [-0.2, -0.15) is 0 Å². The highest BCUT2D eigenvalue weighted by atomic mass is 19.1. The maximum atomic E-state index is 13.4. The molecule has 0 saturated carbocycles. The molecule has 2 fully saturated rings. The number of rotatable bonds is 14. The minimum atomic E-state index is -1.05. The third-order valence-electron chi connectivity index (χ3n) is 13.8. The van der Waals surface area contributed by atoms with E-state index >= 15 is 0 Å². The van der Waals surface area contributed by atoms with Crippen LogP contribution in [0.1, 0.15) is 92.9 Å². The first-order valence-electron chi connectivity index (χ1n) is 25.7. The van der Waals surface area contributed by atoms with Crippen molar-refractivity contribution in [2.45, 2.75) is 79.4 Å². The van der Waals surface area contributed by atoms with E-state index in [1.165, 1.54) is 31.4 Å². The van der Waals surface area contributed by atoms with E-state index in [0.717, 1.165) is 87.5 Å². The maximum absolute atomic E-state index is 13.4. The van der Waals surface area contributed by atoms with Crippen molar-refractivity contribution in [3.63, 3.8) is 0 Å². The van der Waals surface area contributed by atoms with Gasteiger partial charge in [-0.1, -0.05) is 47.5 Å². The summed E-state index contributed by atoms with van der Waals surface area (Å²) in [7, 11) is 1.35. The molecule has 12 nitrogen and oxygen atoms in total. The van der Waals surface area contributed by atoms with Crippen LogP contribution in [0, 0.1) is 39.3 Å². The number of carbonyl (C=O) groups is 4. The summed E-state index contributed by atoms with van der Waals surface area (Å²) in [5, 5.41) is 9.87. The third kappa shape index (κ3) is 12.2. The van der Waals surface area contributed by atoms with Gasteiger partial charge in [-0.3, -0.25) is 9.59 Å². The van der Waals surface area contributed by atoms with E-state index in [2.05, 4.69) is 10.6 Å². The molecule has 0 atom stereocenters. The summed E-state index contributed by atoms with van der Waals surface area (Å²) in [4.78, 5) is 53.6. The van der Waals surface area contributed by atoms with Gasteiger partial charge in [-0.05, 0) is 174 Å². The summed E-state index contributed by atoms with van der Waals surface area (Å²) in [5.41, 5.74) is 12.2. The molecule has 6 aromatic carbocycles. The van der Waals surface area contributed by atoms with Crippen LogP contribution in [-0.2, 0) is 27.5 Å². The second-order valence-electron chi connectivity index (χ2n) is 19.5. The Hall–Kier alpha value is -8.78. The number of aryl methyl sites for hydroxylation is 4. The van der Waals surface area contributed by atoms with Crippen LogP contribution in [-0.4, -0.2) is 58.2 Å². The van der Waals surface area contributed by atoms with Gasteiger partial charge in [-0.25, -0.2) is 18.4 Å². The van der Waals surface area contributed by atoms with Crippen LogP contribution in [0.25, 0.3) is 33.9 Å². The number of hydrogen-bond acceptors (Lipinski definition) is 7. The van der Waals surface area contributed by atoms with Gasteiger partial charge in [0.15, 0.2) is 0 Å². The zero-order valence-electron chi connectivity index (χ0n) is 43.8. The average molecular weight is 1040 g/mol. The summed E-state index contributed by atoms with van der Waals surface area (Å²) in [6, 6.07) is 42.8. The van der Waals surface area contributed by atoms with Gasteiger partial charge in [0.25, 0.3) is 0 Å². The molecule has 0 spiro atoms. The Morgan fingerprint density at radius 2 is 0.922 bits per heavy atom. The van der Waals surface area contributed by atoms with E-state index in [-0.39, 0.29) is 42.2 Å². The number of aromatic nitrogens is 2. The molecule has 2 aliphatic heterocycles. The molecule has 0 unspecified atom stereocenters. The van der Waals surface area contributed by atoms with E-state index in [9.17, 15) is 33.1 Å². The maximum Gasteiger partial charge on any atom is 0.337 e. The molecular weight excluding hydrogens is 979 g/mol. The van der Waals surface area contributed by atoms with Crippen LogP contribution in [0.2, 0.25) is 0 Å². The van der Waals surface area contributed by atoms with E-state index in [1.807, 2.05) is 99.0 Å². The van der Waals surface area contributed by atoms with Crippen LogP contribution in [0.4, 0.5) is 20.2 Å². The zero-order valence-corrected chi connectivity index (χ0v) is 43.8. The molecule has 0 bridgehead atoms. The molecule has 8 aromatic rings. The van der Waals surface area contributed by atoms with E-state index in [1.54, 1.807) is 58.3 Å². The molecule has 10 rings (SSSR count). The van der Waals surface area contributed by atoms with Gasteiger partial charge in [0.1, 0.15) is 36.3 Å². The topological polar surface area (TPSA) is 133 Å². The molecule has 2 aliphatic rings. The molecule has 0 radical (unpaired) electrons. The predicted molar refractivity (Wildman–Crippen MR) is 294 cm³/mol. The molecule has 1 N–H and O–H groups in total. The molecule has 2 aromatic heterocycles. The van der Waals surface area contributed by atoms with Crippen molar-refractivity contribution in [3.8, 4) is 45.4 Å². The van der Waals surface area contributed by atoms with Gasteiger partial charge in [0, 0.05) is 71.2 Å². The number of anilines is 2. The normalized spacial score (nSPS) is 13.5. The third-order valence-corrected chi connectivity index (χ3v) is 13.8. The molecule has 77 heavy (non-hydrogen) atoms. The highest BCUT2D eigenvalue weighted by Gasteiger charge is 2.26. The van der Waals surface area contributed by atoms with Crippen molar-refractivity contribution < 1.29 is 47.3 Å². The Labute approximate surface area is 446 Å². The molecule has 4 heterocycles. The number of hydrogen-bond donors (Lipinski definition) is 1. The summed E-state index contributed by atoms with van der Waals surface area (Å²) in [5.74, 6) is -0.719. The zero-order chi connectivity index (χ0) is 54.3. The number of benzene rings is 6. The highest BCUT2D eigenvalue weighted by Crippen LogP contribution is 2.39. The fourth-order valence-corrected chi connectivity index (χ4v) is 9.88. The Morgan fingerprint density at radius 1 is 0.506 bits per heavy atom. The molecule has 0 aliphatic carbocycles. The quantitative estimate of drug-likeness (QED) is 0.107. The number of methoxy groups -OCH3 is 1. The first kappa shape index (κ1) is 53.1. The van der Waals surface area contributed by atoms with Gasteiger partial charge in [-0.15, -0.1) is 0 Å². The lowest BCUT2D eigenvalue weighted by Gasteiger charge is -2.28. The van der Waals surface area contributed by atoms with Crippen molar-refractivity contribution >= 4 is 35.1 Å². The summed E-state index contributed by atoms with van der Waals surface area (Å²) < 4.78 is 48.2. The minimum Gasteiger partial charge on any atom is -0.488 e. The van der Waals surface area contributed by atoms with Gasteiger partial charge in [0.05, 0.1) is 29.6 Å². The van der Waals surface area contributed by atoms with Crippen LogP contribution >= 0.6 is 0 Å². The van der Waals surface area contributed by atoms with Crippen LogP contribution in [0.3, 0.4) is 0 Å². The molecule has 2 saturated heterocycles. The number of carboxylic acids is 1. The van der Waals surface area contributed by atoms with Gasteiger partial charge < -0.3 is 38.3 Å². The molecule has 14 heteroatoms. The first-order valence-corrected chi connectivity index (χ1v) is 25.7. The Morgan fingerprint density at radius 3 is 1.34 bits per heavy atom. The van der Waals surface area contributed by atoms with E-state index in [0.29, 0.717) is 60.1 Å². The number of carbonyl (C=O) groups excluding carboxylic acids is 3. The number of carboxylic acid groups (broad SMARTS) is 1. The smallest absolute Gasteiger partial charge is 0.337 e. The van der Waals surface area contributed by atoms with Crippen molar-refractivity contribution in [1.82, 2.24) is 9.13 Å². The number of halogens is 2. The lowest BCUT2D eigenvalue weighted by atomic mass is 10.1. The van der Waals surface area contributed by atoms with E-state index in [4.69, 9.17) is 14.2 Å². The number of piperidine rings is 2. The number of amides is 2. The number of aromatic carboxylic acids is 1. The standard InChI is InChI=1S/C32H31FN2O4.C31H29FN2O4/c1-21-7-14-30(39-20-23-9-11-25(33)12-10-23)28(16-21)29-13-8-22(2)35(29)27-18-24(32(37)38-3)17-26(19-27)34-15-5-4-6-31(34)36;1-20-6-13-29(38-19-22-8-10-24(32)11-9-22)27(15-20)28-12-7-21(2)34(28)26-17-23(31(36)37)16-25(18-26)33-14-4-3-5-30(33)35/h7-14,16-19H,4-6,15,20H2,1-3H3;6-13,15-18H,3-5,14,19H2,1-2H3,(H,36,37). The summed E-state index contributed by atoms with van der Waals surface area (Å²) in [6.45, 7) is 9.70. The fourth-order valence-electron chi connectivity index (χ4n) is 9.88. The number of esters is 1. The number of nitrogens with zero attached hydrogens (tertiary/aromatic N) is 4. The van der Waals surface area contributed by atoms with Crippen molar-refractivity contribution in [2.75, 3.05) is 30.0 Å². The summed E-state index contributed by atoms with van der Waals surface area (Å²) in [6.07, 6.45) is 4.45. The van der Waals surface area contributed by atoms with Gasteiger partial charge >= 0.3 is 11.9 Å². The largest absolute Gasteiger partial charge is 0.488 e. The van der Waals surface area contributed by atoms with Crippen molar-refractivity contribution in [1.29, 1.82) is 0 Å². The Bertz CT molecular complexity index is 3490. The van der Waals surface area contributed by atoms with Crippen LogP contribution in [0.5, 0.6) is 11.5 Å². The fraction of sp³-hybridized carbons (Fsp3) is 0.238. The number of ether oxygens (including phenoxy) is 3. The van der Waals surface area contributed by atoms with E-state index < -0.39 is 11.9 Å². The summed E-state index contributed by atoms with van der Waals surface area (Å²) >= 11 is 0. The average Bonchev–Trinajstić information content (AvgIpc) is 4.02. The van der Waals surface area contributed by atoms with Crippen molar-refractivity contribution in [3.05, 3.63) is 202 Å². The Kier molecular flexibility index (Phi) is 16.1. The molecule has 394 valence electrons.